The highest BCUT2D eigenvalue weighted by molar-refractivity contribution is 5.84. The Balaban J connectivity index is 1.50. The van der Waals surface area contributed by atoms with E-state index in [1.165, 1.54) is 12.1 Å². The quantitative estimate of drug-likeness (QED) is 0.664. The first-order chi connectivity index (χ1) is 14.2. The average Bonchev–Trinajstić information content (AvgIpc) is 2.79. The second kappa shape index (κ2) is 8.86. The molecule has 0 spiro atoms. The molecule has 0 aliphatic carbocycles. The van der Waals surface area contributed by atoms with E-state index in [1.807, 2.05) is 53.4 Å². The molecule has 1 aliphatic rings. The smallest absolute Gasteiger partial charge is 0.230 e. The Bertz CT molecular complexity index is 923. The van der Waals surface area contributed by atoms with Gasteiger partial charge >= 0.3 is 0 Å². The van der Waals surface area contributed by atoms with E-state index in [2.05, 4.69) is 9.88 Å². The molecule has 29 heavy (non-hydrogen) atoms. The van der Waals surface area contributed by atoms with Gasteiger partial charge in [0.1, 0.15) is 11.6 Å². The maximum atomic E-state index is 13.4. The number of hydrogen-bond acceptors (Lipinski definition) is 3. The van der Waals surface area contributed by atoms with Gasteiger partial charge in [-0.25, -0.2) is 9.37 Å². The molecule has 148 valence electrons. The number of hydrogen-bond donors (Lipinski definition) is 0. The molecular weight excluding hydrogens is 365 g/mol. The molecule has 0 N–H and O–H groups in total. The summed E-state index contributed by atoms with van der Waals surface area (Å²) >= 11 is 0. The van der Waals surface area contributed by atoms with Crippen LogP contribution in [0.3, 0.4) is 0 Å². The number of pyridine rings is 1. The average molecular weight is 389 g/mol. The topological polar surface area (TPSA) is 36.4 Å². The van der Waals surface area contributed by atoms with Gasteiger partial charge in [0, 0.05) is 32.4 Å². The third-order valence-electron chi connectivity index (χ3n) is 5.42. The van der Waals surface area contributed by atoms with Crippen molar-refractivity contribution in [3.8, 4) is 0 Å². The molecule has 4 nitrogen and oxygen atoms in total. The second-order valence-corrected chi connectivity index (χ2v) is 7.29. The minimum atomic E-state index is -0.320. The summed E-state index contributed by atoms with van der Waals surface area (Å²) in [5.41, 5.74) is 1.95. The molecular formula is C24H24FN3O. The number of aromatic nitrogens is 1. The van der Waals surface area contributed by atoms with Gasteiger partial charge in [0.15, 0.2) is 0 Å². The van der Waals surface area contributed by atoms with Crippen LogP contribution in [0, 0.1) is 5.82 Å². The second-order valence-electron chi connectivity index (χ2n) is 7.29. The highest BCUT2D eigenvalue weighted by Gasteiger charge is 2.29. The zero-order valence-electron chi connectivity index (χ0n) is 16.2. The summed E-state index contributed by atoms with van der Waals surface area (Å²) in [5.74, 6) is 0.433. The molecule has 4 rings (SSSR count). The first-order valence-corrected chi connectivity index (χ1v) is 9.95. The van der Waals surface area contributed by atoms with Gasteiger partial charge in [-0.1, -0.05) is 48.5 Å². The molecule has 0 saturated carbocycles. The minimum Gasteiger partial charge on any atom is -0.353 e. The molecule has 1 atom stereocenters. The highest BCUT2D eigenvalue weighted by atomic mass is 19.1. The molecule has 0 radical (unpaired) electrons. The maximum absolute atomic E-state index is 13.4. The lowest BCUT2D eigenvalue weighted by molar-refractivity contribution is -0.133. The fraction of sp³-hybridized carbons (Fsp3) is 0.250. The lowest BCUT2D eigenvalue weighted by atomic mass is 9.90. The van der Waals surface area contributed by atoms with Crippen LogP contribution >= 0.6 is 0 Å². The number of carbonyl (C=O) groups is 1. The summed E-state index contributed by atoms with van der Waals surface area (Å²) < 4.78 is 13.4. The van der Waals surface area contributed by atoms with Crippen LogP contribution in [-0.4, -0.2) is 42.0 Å². The van der Waals surface area contributed by atoms with Crippen molar-refractivity contribution >= 4 is 11.7 Å². The van der Waals surface area contributed by atoms with Crippen LogP contribution in [0.15, 0.2) is 79.0 Å². The zero-order valence-corrected chi connectivity index (χ0v) is 16.2. The van der Waals surface area contributed by atoms with E-state index in [9.17, 15) is 9.18 Å². The van der Waals surface area contributed by atoms with Crippen LogP contribution in [0.25, 0.3) is 0 Å². The molecule has 0 bridgehead atoms. The standard InChI is InChI=1S/C24H24FN3O/c25-21-11-9-20(10-12-21)22(18-19-6-2-1-3-7-19)24(29)28-16-14-27(15-17-28)23-8-4-5-13-26-23/h1-13,22H,14-18H2. The lowest BCUT2D eigenvalue weighted by Gasteiger charge is -2.37. The molecule has 1 saturated heterocycles. The van der Waals surface area contributed by atoms with Gasteiger partial charge in [0.2, 0.25) is 5.91 Å². The SMILES string of the molecule is O=C(C(Cc1ccccc1)c1ccc(F)cc1)N1CCN(c2ccccn2)CC1. The summed E-state index contributed by atoms with van der Waals surface area (Å²) in [7, 11) is 0. The summed E-state index contributed by atoms with van der Waals surface area (Å²) in [6.45, 7) is 2.82. The Morgan fingerprint density at radius 1 is 0.897 bits per heavy atom. The molecule has 1 aliphatic heterocycles. The Kier molecular flexibility index (Phi) is 5.84. The van der Waals surface area contributed by atoms with E-state index in [-0.39, 0.29) is 17.6 Å². The van der Waals surface area contributed by atoms with Crippen LogP contribution in [-0.2, 0) is 11.2 Å². The predicted octanol–water partition coefficient (Wildman–Crippen LogP) is 3.90. The van der Waals surface area contributed by atoms with Gasteiger partial charge < -0.3 is 9.80 Å². The number of carbonyl (C=O) groups excluding carboxylic acids is 1. The predicted molar refractivity (Wildman–Crippen MR) is 112 cm³/mol. The van der Waals surface area contributed by atoms with Gasteiger partial charge in [0.05, 0.1) is 5.92 Å². The minimum absolute atomic E-state index is 0.0983. The van der Waals surface area contributed by atoms with Gasteiger partial charge in [-0.05, 0) is 41.8 Å². The van der Waals surface area contributed by atoms with Crippen molar-refractivity contribution in [1.29, 1.82) is 0 Å². The van der Waals surface area contributed by atoms with Crippen molar-refractivity contribution in [1.82, 2.24) is 9.88 Å². The van der Waals surface area contributed by atoms with E-state index in [1.54, 1.807) is 18.3 Å². The summed E-state index contributed by atoms with van der Waals surface area (Å²) in [4.78, 5) is 22.0. The van der Waals surface area contributed by atoms with Gasteiger partial charge in [-0.2, -0.15) is 0 Å². The number of anilines is 1. The normalized spacial score (nSPS) is 15.2. The summed E-state index contributed by atoms with van der Waals surface area (Å²) in [6.07, 6.45) is 2.39. The first-order valence-electron chi connectivity index (χ1n) is 9.95. The monoisotopic (exact) mass is 389 g/mol. The number of amides is 1. The Morgan fingerprint density at radius 3 is 2.24 bits per heavy atom. The van der Waals surface area contributed by atoms with Crippen molar-refractivity contribution in [2.24, 2.45) is 0 Å². The molecule has 3 aromatic rings. The van der Waals surface area contributed by atoms with Crippen molar-refractivity contribution in [3.63, 3.8) is 0 Å². The Labute approximate surface area is 170 Å². The van der Waals surface area contributed by atoms with Crippen molar-refractivity contribution in [2.45, 2.75) is 12.3 Å². The van der Waals surface area contributed by atoms with E-state index in [0.29, 0.717) is 19.5 Å². The molecule has 5 heteroatoms. The summed E-state index contributed by atoms with van der Waals surface area (Å²) in [6, 6.07) is 22.2. The van der Waals surface area contributed by atoms with Crippen molar-refractivity contribution in [3.05, 3.63) is 95.9 Å². The third kappa shape index (κ3) is 4.62. The molecule has 1 fully saturated rings. The summed E-state index contributed by atoms with van der Waals surface area (Å²) in [5, 5.41) is 0. The van der Waals surface area contributed by atoms with Crippen molar-refractivity contribution in [2.75, 3.05) is 31.1 Å². The van der Waals surface area contributed by atoms with Gasteiger partial charge in [0.25, 0.3) is 0 Å². The number of rotatable bonds is 5. The van der Waals surface area contributed by atoms with Crippen LogP contribution in [0.4, 0.5) is 10.2 Å². The molecule has 1 amide bonds. The van der Waals surface area contributed by atoms with Crippen LogP contribution < -0.4 is 4.90 Å². The number of piperazine rings is 1. The lowest BCUT2D eigenvalue weighted by Crippen LogP contribution is -2.50. The number of benzene rings is 2. The van der Waals surface area contributed by atoms with Crippen LogP contribution in [0.5, 0.6) is 0 Å². The van der Waals surface area contributed by atoms with E-state index in [0.717, 1.165) is 30.0 Å². The van der Waals surface area contributed by atoms with Crippen LogP contribution in [0.1, 0.15) is 17.0 Å². The van der Waals surface area contributed by atoms with Gasteiger partial charge in [-0.15, -0.1) is 0 Å². The fourth-order valence-corrected chi connectivity index (χ4v) is 3.81. The van der Waals surface area contributed by atoms with E-state index < -0.39 is 0 Å². The Hall–Kier alpha value is -3.21. The van der Waals surface area contributed by atoms with E-state index >= 15 is 0 Å². The zero-order chi connectivity index (χ0) is 20.1. The molecule has 2 aromatic carbocycles. The largest absolute Gasteiger partial charge is 0.353 e. The van der Waals surface area contributed by atoms with Gasteiger partial charge in [-0.3, -0.25) is 4.79 Å². The third-order valence-corrected chi connectivity index (χ3v) is 5.42. The van der Waals surface area contributed by atoms with E-state index in [4.69, 9.17) is 0 Å². The number of nitrogens with zero attached hydrogens (tertiary/aromatic N) is 3. The highest BCUT2D eigenvalue weighted by Crippen LogP contribution is 2.25. The molecule has 1 unspecified atom stereocenters. The number of halogens is 1. The van der Waals surface area contributed by atoms with Crippen molar-refractivity contribution < 1.29 is 9.18 Å². The van der Waals surface area contributed by atoms with Crippen LogP contribution in [0.2, 0.25) is 0 Å². The Morgan fingerprint density at radius 2 is 1.59 bits per heavy atom. The molecule has 1 aromatic heterocycles. The first kappa shape index (κ1) is 19.1. The maximum Gasteiger partial charge on any atom is 0.230 e. The fourth-order valence-electron chi connectivity index (χ4n) is 3.81. The molecule has 2 heterocycles.